The number of rotatable bonds is 3. The van der Waals surface area contributed by atoms with Crippen molar-refractivity contribution >= 4 is 54.8 Å². The smallest absolute Gasteiger partial charge is 0.263 e. The summed E-state index contributed by atoms with van der Waals surface area (Å²) in [5.74, 6) is 0. The zero-order valence-corrected chi connectivity index (χ0v) is 13.2. The summed E-state index contributed by atoms with van der Waals surface area (Å²) in [4.78, 5) is 3.84. The second kappa shape index (κ2) is 5.66. The summed E-state index contributed by atoms with van der Waals surface area (Å²) in [6.07, 6.45) is 1.54. The van der Waals surface area contributed by atoms with Gasteiger partial charge in [-0.15, -0.1) is 0 Å². The Morgan fingerprint density at radius 1 is 1.21 bits per heavy atom. The molecule has 100 valence electrons. The number of hydrogen-bond donors (Lipinski definition) is 1. The summed E-state index contributed by atoms with van der Waals surface area (Å²) in [6.45, 7) is 0. The highest BCUT2D eigenvalue weighted by Gasteiger charge is 2.19. The first-order valence-electron chi connectivity index (χ1n) is 4.98. The molecule has 0 aliphatic heterocycles. The van der Waals surface area contributed by atoms with E-state index in [0.717, 1.165) is 0 Å². The molecule has 0 aliphatic carbocycles. The van der Waals surface area contributed by atoms with Crippen LogP contribution in [0.1, 0.15) is 0 Å². The summed E-state index contributed by atoms with van der Waals surface area (Å²) in [5.41, 5.74) is 0.318. The van der Waals surface area contributed by atoms with Crippen molar-refractivity contribution in [3.05, 3.63) is 51.2 Å². The van der Waals surface area contributed by atoms with Gasteiger partial charge in [0.25, 0.3) is 10.0 Å². The largest absolute Gasteiger partial charge is 0.277 e. The van der Waals surface area contributed by atoms with E-state index in [-0.39, 0.29) is 14.9 Å². The normalized spacial score (nSPS) is 11.3. The second-order valence-electron chi connectivity index (χ2n) is 3.52. The van der Waals surface area contributed by atoms with Gasteiger partial charge in [-0.3, -0.25) is 4.72 Å². The monoisotopic (exact) mass is 380 g/mol. The fourth-order valence-corrected chi connectivity index (χ4v) is 3.66. The van der Waals surface area contributed by atoms with Gasteiger partial charge in [-0.1, -0.05) is 23.2 Å². The fourth-order valence-electron chi connectivity index (χ4n) is 1.35. The van der Waals surface area contributed by atoms with Gasteiger partial charge in [-0.2, -0.15) is 0 Å². The summed E-state index contributed by atoms with van der Waals surface area (Å²) >= 11 is 14.8. The molecule has 0 atom stereocenters. The molecule has 4 nitrogen and oxygen atoms in total. The van der Waals surface area contributed by atoms with Crippen molar-refractivity contribution in [2.24, 2.45) is 0 Å². The highest BCUT2D eigenvalue weighted by Crippen LogP contribution is 2.28. The Morgan fingerprint density at radius 2 is 1.95 bits per heavy atom. The predicted octanol–water partition coefficient (Wildman–Crippen LogP) is 3.95. The van der Waals surface area contributed by atoms with Gasteiger partial charge in [0.2, 0.25) is 0 Å². The number of aromatic nitrogens is 1. The molecule has 0 amide bonds. The third-order valence-electron chi connectivity index (χ3n) is 2.19. The standard InChI is InChI=1S/C11H7BrCl2N2O2S/c12-11-9(2-1-5-15-11)16-19(17,18)10-6-7(13)3-4-8(10)14/h1-6,16H. The summed E-state index contributed by atoms with van der Waals surface area (Å²) < 4.78 is 27.2. The van der Waals surface area contributed by atoms with Crippen LogP contribution in [0.15, 0.2) is 46.0 Å². The quantitative estimate of drug-likeness (QED) is 0.818. The molecule has 19 heavy (non-hydrogen) atoms. The third-order valence-corrected chi connectivity index (χ3v) is 4.90. The molecule has 2 aromatic rings. The van der Waals surface area contributed by atoms with E-state index in [1.807, 2.05) is 0 Å². The Balaban J connectivity index is 2.44. The molecule has 0 aliphatic rings. The van der Waals surface area contributed by atoms with Gasteiger partial charge in [0, 0.05) is 11.2 Å². The maximum absolute atomic E-state index is 12.2. The fraction of sp³-hybridized carbons (Fsp3) is 0. The van der Waals surface area contributed by atoms with Crippen LogP contribution in [0.2, 0.25) is 10.0 Å². The molecular formula is C11H7BrCl2N2O2S. The SMILES string of the molecule is O=S(=O)(Nc1cccnc1Br)c1cc(Cl)ccc1Cl. The molecule has 1 heterocycles. The first-order chi connectivity index (χ1) is 8.90. The van der Waals surface area contributed by atoms with Gasteiger partial charge in [0.15, 0.2) is 0 Å². The molecule has 0 saturated carbocycles. The predicted molar refractivity (Wildman–Crippen MR) is 79.2 cm³/mol. The molecule has 0 bridgehead atoms. The van der Waals surface area contributed by atoms with E-state index in [4.69, 9.17) is 23.2 Å². The van der Waals surface area contributed by atoms with E-state index in [0.29, 0.717) is 10.3 Å². The minimum absolute atomic E-state index is 0.0857. The Labute approximate surface area is 128 Å². The summed E-state index contributed by atoms with van der Waals surface area (Å²) in [6, 6.07) is 7.42. The molecule has 2 rings (SSSR count). The summed E-state index contributed by atoms with van der Waals surface area (Å²) in [7, 11) is -3.83. The molecule has 0 saturated heterocycles. The van der Waals surface area contributed by atoms with Crippen molar-refractivity contribution in [1.29, 1.82) is 0 Å². The van der Waals surface area contributed by atoms with Crippen LogP contribution in [-0.4, -0.2) is 13.4 Å². The number of halogens is 3. The number of nitrogens with zero attached hydrogens (tertiary/aromatic N) is 1. The molecule has 0 unspecified atom stereocenters. The van der Waals surface area contributed by atoms with E-state index in [1.165, 1.54) is 24.4 Å². The maximum atomic E-state index is 12.2. The van der Waals surface area contributed by atoms with Gasteiger partial charge in [0.05, 0.1) is 10.7 Å². The highest BCUT2D eigenvalue weighted by molar-refractivity contribution is 9.10. The third kappa shape index (κ3) is 3.39. The lowest BCUT2D eigenvalue weighted by atomic mass is 10.4. The van der Waals surface area contributed by atoms with Gasteiger partial charge in [0.1, 0.15) is 9.50 Å². The first-order valence-corrected chi connectivity index (χ1v) is 8.02. The van der Waals surface area contributed by atoms with E-state index in [1.54, 1.807) is 12.1 Å². The van der Waals surface area contributed by atoms with Crippen molar-refractivity contribution in [2.45, 2.75) is 4.90 Å². The maximum Gasteiger partial charge on any atom is 0.263 e. The van der Waals surface area contributed by atoms with E-state index < -0.39 is 10.0 Å². The van der Waals surface area contributed by atoms with Gasteiger partial charge in [-0.05, 0) is 46.3 Å². The lowest BCUT2D eigenvalue weighted by molar-refractivity contribution is 0.601. The van der Waals surface area contributed by atoms with Crippen molar-refractivity contribution in [3.8, 4) is 0 Å². The molecule has 0 radical (unpaired) electrons. The minimum atomic E-state index is -3.83. The minimum Gasteiger partial charge on any atom is -0.277 e. The van der Waals surface area contributed by atoms with Crippen LogP contribution in [0.25, 0.3) is 0 Å². The first kappa shape index (κ1) is 14.6. The van der Waals surface area contributed by atoms with Crippen molar-refractivity contribution in [2.75, 3.05) is 4.72 Å². The number of anilines is 1. The van der Waals surface area contributed by atoms with E-state index in [2.05, 4.69) is 25.6 Å². The Bertz CT molecular complexity index is 722. The zero-order valence-electron chi connectivity index (χ0n) is 9.27. The molecule has 8 heteroatoms. The average Bonchev–Trinajstić information content (AvgIpc) is 2.35. The van der Waals surface area contributed by atoms with Gasteiger partial charge < -0.3 is 0 Å². The van der Waals surface area contributed by atoms with Gasteiger partial charge >= 0.3 is 0 Å². The van der Waals surface area contributed by atoms with Crippen LogP contribution in [0.3, 0.4) is 0 Å². The topological polar surface area (TPSA) is 59.1 Å². The van der Waals surface area contributed by atoms with E-state index >= 15 is 0 Å². The Kier molecular flexibility index (Phi) is 4.35. The zero-order chi connectivity index (χ0) is 14.0. The van der Waals surface area contributed by atoms with Crippen LogP contribution in [-0.2, 0) is 10.0 Å². The Hall–Kier alpha value is -0.820. The van der Waals surface area contributed by atoms with Crippen molar-refractivity contribution in [3.63, 3.8) is 0 Å². The number of pyridine rings is 1. The number of hydrogen-bond acceptors (Lipinski definition) is 3. The average molecular weight is 382 g/mol. The van der Waals surface area contributed by atoms with Crippen LogP contribution < -0.4 is 4.72 Å². The summed E-state index contributed by atoms with van der Waals surface area (Å²) in [5, 5.41) is 0.381. The van der Waals surface area contributed by atoms with Crippen LogP contribution in [0, 0.1) is 0 Å². The molecule has 1 aromatic carbocycles. The number of nitrogens with one attached hydrogen (secondary N) is 1. The number of sulfonamides is 1. The molecule has 0 fully saturated rings. The number of benzene rings is 1. The Morgan fingerprint density at radius 3 is 2.63 bits per heavy atom. The van der Waals surface area contributed by atoms with Crippen molar-refractivity contribution in [1.82, 2.24) is 4.98 Å². The molecule has 1 N–H and O–H groups in total. The lowest BCUT2D eigenvalue weighted by Gasteiger charge is -2.10. The molecule has 1 aromatic heterocycles. The molecular weight excluding hydrogens is 375 g/mol. The van der Waals surface area contributed by atoms with Crippen LogP contribution >= 0.6 is 39.1 Å². The lowest BCUT2D eigenvalue weighted by Crippen LogP contribution is -2.14. The highest BCUT2D eigenvalue weighted by atomic mass is 79.9. The van der Waals surface area contributed by atoms with Gasteiger partial charge in [-0.25, -0.2) is 13.4 Å². The van der Waals surface area contributed by atoms with E-state index in [9.17, 15) is 8.42 Å². The van der Waals surface area contributed by atoms with Crippen LogP contribution in [0.4, 0.5) is 5.69 Å². The second-order valence-corrected chi connectivity index (χ2v) is 6.77. The molecule has 0 spiro atoms. The van der Waals surface area contributed by atoms with Crippen molar-refractivity contribution < 1.29 is 8.42 Å². The van der Waals surface area contributed by atoms with Crippen LogP contribution in [0.5, 0.6) is 0 Å².